The Morgan fingerprint density at radius 2 is 1.77 bits per heavy atom. The molecule has 0 N–H and O–H groups in total. The third kappa shape index (κ3) is 5.10. The molecule has 0 saturated heterocycles. The normalized spacial score (nSPS) is 13.3. The summed E-state index contributed by atoms with van der Waals surface area (Å²) >= 11 is 0. The smallest absolute Gasteiger partial charge is 0.307 e. The number of esters is 1. The molecule has 0 saturated carbocycles. The van der Waals surface area contributed by atoms with E-state index >= 15 is 0 Å². The number of nitrogens with zero attached hydrogens (tertiary/aromatic N) is 1. The number of hydrogen-bond acceptors (Lipinski definition) is 7. The monoisotopic (exact) mass is 449 g/mol. The van der Waals surface area contributed by atoms with Gasteiger partial charge in [-0.2, -0.15) is 0 Å². The Bertz CT molecular complexity index is 1100. The number of fused-ring (bicyclic) bond motifs is 1. The van der Waals surface area contributed by atoms with Crippen LogP contribution in [0.25, 0.3) is 0 Å². The molecule has 3 rings (SSSR count). The number of benzene rings is 1. The summed E-state index contributed by atoms with van der Waals surface area (Å²) in [6.07, 6.45) is -0.352. The summed E-state index contributed by atoms with van der Waals surface area (Å²) in [6.45, 7) is 8.14. The average Bonchev–Trinajstić information content (AvgIpc) is 3.04. The van der Waals surface area contributed by atoms with Gasteiger partial charge in [-0.15, -0.1) is 0 Å². The first-order valence-corrected chi connectivity index (χ1v) is 11.7. The first kappa shape index (κ1) is 22.9. The lowest BCUT2D eigenvalue weighted by Gasteiger charge is -2.18. The maximum atomic E-state index is 12.6. The highest BCUT2D eigenvalue weighted by molar-refractivity contribution is 7.91. The van der Waals surface area contributed by atoms with E-state index in [2.05, 4.69) is 0 Å². The molecule has 31 heavy (non-hydrogen) atoms. The lowest BCUT2D eigenvalue weighted by atomic mass is 10.1. The van der Waals surface area contributed by atoms with Gasteiger partial charge >= 0.3 is 5.97 Å². The predicted octanol–water partition coefficient (Wildman–Crippen LogP) is 3.05. The topological polar surface area (TPSA) is 101 Å². The van der Waals surface area contributed by atoms with Gasteiger partial charge in [-0.05, 0) is 45.9 Å². The summed E-state index contributed by atoms with van der Waals surface area (Å²) in [4.78, 5) is 24.6. The Morgan fingerprint density at radius 1 is 1.10 bits per heavy atom. The van der Waals surface area contributed by atoms with Crippen molar-refractivity contribution in [1.29, 1.82) is 0 Å². The fourth-order valence-corrected chi connectivity index (χ4v) is 4.94. The van der Waals surface area contributed by atoms with Gasteiger partial charge in [0.05, 0.1) is 17.1 Å². The van der Waals surface area contributed by atoms with Crippen LogP contribution in [-0.4, -0.2) is 50.3 Å². The molecule has 0 radical (unpaired) electrons. The molecule has 0 bridgehead atoms. The standard InChI is InChI=1S/C22H27NO7S/c1-14(2)23-15(3)11-18(16(23)4)19(24)13-30-22(25)7-10-31(26,27)17-5-6-20-21(12-17)29-9-8-28-20/h5-6,11-12,14H,7-10,13H2,1-4H3. The number of Topliss-reactive ketones (excluding diaryl/α,β-unsaturated/α-hetero) is 1. The van der Waals surface area contributed by atoms with Gasteiger partial charge in [-0.25, -0.2) is 8.42 Å². The van der Waals surface area contributed by atoms with Crippen LogP contribution >= 0.6 is 0 Å². The fraction of sp³-hybridized carbons (Fsp3) is 0.455. The maximum Gasteiger partial charge on any atom is 0.307 e. The maximum absolute atomic E-state index is 12.6. The molecule has 0 amide bonds. The van der Waals surface area contributed by atoms with E-state index in [0.717, 1.165) is 11.4 Å². The Hall–Kier alpha value is -2.81. The Kier molecular flexibility index (Phi) is 6.74. The van der Waals surface area contributed by atoms with Crippen LogP contribution < -0.4 is 9.47 Å². The molecule has 1 aliphatic rings. The molecule has 0 unspecified atom stereocenters. The highest BCUT2D eigenvalue weighted by Gasteiger charge is 2.22. The van der Waals surface area contributed by atoms with Crippen molar-refractivity contribution in [3.63, 3.8) is 0 Å². The second kappa shape index (κ2) is 9.13. The van der Waals surface area contributed by atoms with Crippen LogP contribution in [0.5, 0.6) is 11.5 Å². The fourth-order valence-electron chi connectivity index (χ4n) is 3.70. The molecule has 1 aliphatic heterocycles. The van der Waals surface area contributed by atoms with E-state index in [4.69, 9.17) is 14.2 Å². The van der Waals surface area contributed by atoms with Crippen molar-refractivity contribution in [3.05, 3.63) is 41.2 Å². The quantitative estimate of drug-likeness (QED) is 0.451. The van der Waals surface area contributed by atoms with Crippen molar-refractivity contribution in [2.75, 3.05) is 25.6 Å². The molecule has 0 atom stereocenters. The number of sulfone groups is 1. The van der Waals surface area contributed by atoms with Gasteiger partial charge in [0.25, 0.3) is 0 Å². The number of aromatic nitrogens is 1. The molecule has 2 aromatic rings. The summed E-state index contributed by atoms with van der Waals surface area (Å²) in [5, 5.41) is 0. The number of rotatable bonds is 8. The molecule has 0 aliphatic carbocycles. The minimum absolute atomic E-state index is 0.0433. The summed E-state index contributed by atoms with van der Waals surface area (Å²) in [7, 11) is -3.72. The van der Waals surface area contributed by atoms with Crippen molar-refractivity contribution >= 4 is 21.6 Å². The van der Waals surface area contributed by atoms with E-state index in [1.165, 1.54) is 18.2 Å². The SMILES string of the molecule is Cc1cc(C(=O)COC(=O)CCS(=O)(=O)c2ccc3c(c2)OCCO3)c(C)n1C(C)C. The summed E-state index contributed by atoms with van der Waals surface area (Å²) in [5.74, 6) is -0.642. The molecule has 9 heteroatoms. The number of ketones is 1. The van der Waals surface area contributed by atoms with Gasteiger partial charge in [0, 0.05) is 29.1 Å². The van der Waals surface area contributed by atoms with Gasteiger partial charge in [0.2, 0.25) is 5.78 Å². The lowest BCUT2D eigenvalue weighted by molar-refractivity contribution is -0.142. The third-order valence-electron chi connectivity index (χ3n) is 5.11. The van der Waals surface area contributed by atoms with Gasteiger partial charge in [-0.1, -0.05) is 0 Å². The van der Waals surface area contributed by atoms with Crippen molar-refractivity contribution in [2.24, 2.45) is 0 Å². The van der Waals surface area contributed by atoms with E-state index in [0.29, 0.717) is 30.3 Å². The van der Waals surface area contributed by atoms with E-state index in [1.54, 1.807) is 6.07 Å². The number of carbonyl (C=O) groups is 2. The second-order valence-corrected chi connectivity index (χ2v) is 9.82. The molecule has 0 spiro atoms. The zero-order valence-corrected chi connectivity index (χ0v) is 19.0. The van der Waals surface area contributed by atoms with Crippen LogP contribution in [0.2, 0.25) is 0 Å². The van der Waals surface area contributed by atoms with Gasteiger partial charge in [0.1, 0.15) is 13.2 Å². The lowest BCUT2D eigenvalue weighted by Crippen LogP contribution is -2.19. The van der Waals surface area contributed by atoms with Crippen LogP contribution in [0.1, 0.15) is 48.1 Å². The molecule has 168 valence electrons. The highest BCUT2D eigenvalue weighted by atomic mass is 32.2. The number of hydrogen-bond donors (Lipinski definition) is 0. The van der Waals surface area contributed by atoms with Gasteiger partial charge in [-0.3, -0.25) is 9.59 Å². The van der Waals surface area contributed by atoms with Crippen LogP contribution in [-0.2, 0) is 19.4 Å². The Labute approximate surface area is 182 Å². The second-order valence-electron chi connectivity index (χ2n) is 7.71. The first-order valence-electron chi connectivity index (χ1n) is 10.1. The number of ether oxygens (including phenoxy) is 3. The zero-order chi connectivity index (χ0) is 22.8. The van der Waals surface area contributed by atoms with Gasteiger partial charge in [0.15, 0.2) is 27.9 Å². The molecule has 1 aromatic carbocycles. The van der Waals surface area contributed by atoms with Crippen molar-refractivity contribution < 1.29 is 32.2 Å². The predicted molar refractivity (Wildman–Crippen MR) is 114 cm³/mol. The zero-order valence-electron chi connectivity index (χ0n) is 18.1. The summed E-state index contributed by atoms with van der Waals surface area (Å²) < 4.78 is 43.0. The third-order valence-corrected chi connectivity index (χ3v) is 6.83. The van der Waals surface area contributed by atoms with Crippen LogP contribution in [0.4, 0.5) is 0 Å². The number of aryl methyl sites for hydroxylation is 1. The molecule has 8 nitrogen and oxygen atoms in total. The van der Waals surface area contributed by atoms with Crippen LogP contribution in [0, 0.1) is 13.8 Å². The van der Waals surface area contributed by atoms with Crippen molar-refractivity contribution in [3.8, 4) is 11.5 Å². The first-order chi connectivity index (χ1) is 14.6. The molecular weight excluding hydrogens is 422 g/mol. The largest absolute Gasteiger partial charge is 0.486 e. The highest BCUT2D eigenvalue weighted by Crippen LogP contribution is 2.32. The van der Waals surface area contributed by atoms with E-state index in [9.17, 15) is 18.0 Å². The van der Waals surface area contributed by atoms with Crippen molar-refractivity contribution in [1.82, 2.24) is 4.57 Å². The molecule has 0 fully saturated rings. The minimum atomic E-state index is -3.72. The van der Waals surface area contributed by atoms with Crippen LogP contribution in [0.15, 0.2) is 29.2 Å². The van der Waals surface area contributed by atoms with E-state index in [-0.39, 0.29) is 23.1 Å². The molecule has 2 heterocycles. The van der Waals surface area contributed by atoms with Gasteiger partial charge < -0.3 is 18.8 Å². The Morgan fingerprint density at radius 3 is 2.42 bits per heavy atom. The van der Waals surface area contributed by atoms with Crippen LogP contribution in [0.3, 0.4) is 0 Å². The summed E-state index contributed by atoms with van der Waals surface area (Å²) in [6, 6.07) is 6.32. The van der Waals surface area contributed by atoms with E-state index in [1.807, 2.05) is 32.3 Å². The van der Waals surface area contributed by atoms with E-state index < -0.39 is 28.2 Å². The molecular formula is C22H27NO7S. The Balaban J connectivity index is 1.56. The van der Waals surface area contributed by atoms with Crippen molar-refractivity contribution in [2.45, 2.75) is 45.1 Å². The minimum Gasteiger partial charge on any atom is -0.486 e. The molecule has 1 aromatic heterocycles. The average molecular weight is 450 g/mol. The number of carbonyl (C=O) groups excluding carboxylic acids is 2. The summed E-state index contributed by atoms with van der Waals surface area (Å²) in [5.41, 5.74) is 2.27.